The maximum Gasteiger partial charge on any atom is 0.312 e. The van der Waals surface area contributed by atoms with Crippen molar-refractivity contribution in [1.29, 1.82) is 0 Å². The summed E-state index contributed by atoms with van der Waals surface area (Å²) in [7, 11) is 0. The quantitative estimate of drug-likeness (QED) is 0.427. The van der Waals surface area contributed by atoms with Crippen LogP contribution < -0.4 is 18.9 Å². The Morgan fingerprint density at radius 1 is 0.929 bits per heavy atom. The SMILES string of the molecule is CC(C)=C1Oc2c(ccc3c2[C@H](c2ccc4c(c2)OCCO4)CC(=O)O3)C1=O. The number of hydrogen-bond donors (Lipinski definition) is 0. The lowest BCUT2D eigenvalue weighted by atomic mass is 9.84. The Bertz CT molecular complexity index is 1060. The first kappa shape index (κ1) is 16.9. The topological polar surface area (TPSA) is 71.1 Å². The number of rotatable bonds is 1. The first-order valence-electron chi connectivity index (χ1n) is 9.20. The number of carbonyl (C=O) groups excluding carboxylic acids is 2. The number of carbonyl (C=O) groups is 2. The molecular weight excluding hydrogens is 360 g/mol. The molecule has 0 amide bonds. The van der Waals surface area contributed by atoms with Crippen LogP contribution in [0.2, 0.25) is 0 Å². The van der Waals surface area contributed by atoms with Gasteiger partial charge in [-0.15, -0.1) is 0 Å². The summed E-state index contributed by atoms with van der Waals surface area (Å²) in [5.74, 6) is 1.81. The molecule has 5 rings (SSSR count). The molecule has 3 aliphatic heterocycles. The maximum atomic E-state index is 12.7. The third kappa shape index (κ3) is 2.48. The highest BCUT2D eigenvalue weighted by atomic mass is 16.6. The van der Waals surface area contributed by atoms with Gasteiger partial charge in [0.1, 0.15) is 24.7 Å². The number of fused-ring (bicyclic) bond motifs is 4. The Balaban J connectivity index is 1.67. The van der Waals surface area contributed by atoms with Gasteiger partial charge in [-0.1, -0.05) is 6.07 Å². The Morgan fingerprint density at radius 2 is 1.68 bits per heavy atom. The van der Waals surface area contributed by atoms with Gasteiger partial charge in [-0.2, -0.15) is 0 Å². The van der Waals surface area contributed by atoms with E-state index >= 15 is 0 Å². The number of ketones is 1. The molecule has 0 saturated heterocycles. The van der Waals surface area contributed by atoms with Gasteiger partial charge in [0.25, 0.3) is 0 Å². The molecule has 1 atom stereocenters. The average molecular weight is 378 g/mol. The lowest BCUT2D eigenvalue weighted by molar-refractivity contribution is -0.135. The van der Waals surface area contributed by atoms with Crippen molar-refractivity contribution in [3.63, 3.8) is 0 Å². The molecule has 0 radical (unpaired) electrons. The highest BCUT2D eigenvalue weighted by molar-refractivity contribution is 6.13. The standard InChI is InChI=1S/C22H18O6/c1-11(2)21-20(24)13-4-6-16-19(22(13)28-21)14(10-18(23)27-16)12-3-5-15-17(9-12)26-8-7-25-15/h3-6,9,14H,7-8,10H2,1-2H3/t14-/m0/s1. The molecule has 3 aliphatic rings. The van der Waals surface area contributed by atoms with Crippen LogP contribution in [0, 0.1) is 0 Å². The summed E-state index contributed by atoms with van der Waals surface area (Å²) >= 11 is 0. The van der Waals surface area contributed by atoms with Crippen LogP contribution in [-0.4, -0.2) is 25.0 Å². The van der Waals surface area contributed by atoms with Crippen LogP contribution >= 0.6 is 0 Å². The number of hydrogen-bond acceptors (Lipinski definition) is 6. The van der Waals surface area contributed by atoms with Gasteiger partial charge >= 0.3 is 5.97 Å². The molecule has 6 heteroatoms. The van der Waals surface area contributed by atoms with Crippen molar-refractivity contribution in [2.24, 2.45) is 0 Å². The Labute approximate surface area is 161 Å². The molecule has 0 N–H and O–H groups in total. The molecule has 0 bridgehead atoms. The van der Waals surface area contributed by atoms with E-state index in [1.54, 1.807) is 12.1 Å². The number of esters is 1. The van der Waals surface area contributed by atoms with Crippen molar-refractivity contribution in [1.82, 2.24) is 0 Å². The van der Waals surface area contributed by atoms with Gasteiger partial charge < -0.3 is 18.9 Å². The largest absolute Gasteiger partial charge is 0.486 e. The highest BCUT2D eigenvalue weighted by Crippen LogP contribution is 2.50. The van der Waals surface area contributed by atoms with Crippen LogP contribution in [0.5, 0.6) is 23.0 Å². The summed E-state index contributed by atoms with van der Waals surface area (Å²) in [6.07, 6.45) is 0.158. The third-order valence-corrected chi connectivity index (χ3v) is 5.18. The minimum absolute atomic E-state index is 0.143. The van der Waals surface area contributed by atoms with Gasteiger partial charge in [-0.05, 0) is 49.2 Å². The van der Waals surface area contributed by atoms with E-state index in [1.165, 1.54) is 0 Å². The van der Waals surface area contributed by atoms with E-state index in [1.807, 2.05) is 32.0 Å². The van der Waals surface area contributed by atoms with Gasteiger partial charge in [-0.25, -0.2) is 0 Å². The Morgan fingerprint density at radius 3 is 2.46 bits per heavy atom. The van der Waals surface area contributed by atoms with E-state index in [4.69, 9.17) is 18.9 Å². The zero-order valence-electron chi connectivity index (χ0n) is 15.5. The first-order valence-corrected chi connectivity index (χ1v) is 9.20. The molecule has 2 aromatic rings. The van der Waals surface area contributed by atoms with Crippen LogP contribution in [0.4, 0.5) is 0 Å². The van der Waals surface area contributed by atoms with Gasteiger partial charge in [0.2, 0.25) is 5.78 Å². The monoisotopic (exact) mass is 378 g/mol. The van der Waals surface area contributed by atoms with Crippen molar-refractivity contribution >= 4 is 11.8 Å². The molecular formula is C22H18O6. The number of Topliss-reactive ketones (excluding diaryl/α,β-unsaturated/α-hetero) is 1. The van der Waals surface area contributed by atoms with Gasteiger partial charge in [0, 0.05) is 11.5 Å². The smallest absolute Gasteiger partial charge is 0.312 e. The molecule has 0 fully saturated rings. The second-order valence-corrected chi connectivity index (χ2v) is 7.25. The molecule has 2 aromatic carbocycles. The lowest BCUT2D eigenvalue weighted by Gasteiger charge is -2.27. The molecule has 0 saturated carbocycles. The average Bonchev–Trinajstić information content (AvgIpc) is 3.04. The van der Waals surface area contributed by atoms with Crippen LogP contribution in [-0.2, 0) is 4.79 Å². The second-order valence-electron chi connectivity index (χ2n) is 7.25. The zero-order valence-corrected chi connectivity index (χ0v) is 15.5. The van der Waals surface area contributed by atoms with Crippen LogP contribution in [0.15, 0.2) is 41.7 Å². The minimum Gasteiger partial charge on any atom is -0.486 e. The van der Waals surface area contributed by atoms with Gasteiger partial charge in [0.15, 0.2) is 17.3 Å². The number of benzene rings is 2. The second kappa shape index (κ2) is 6.12. The maximum absolute atomic E-state index is 12.7. The van der Waals surface area contributed by atoms with Crippen LogP contribution in [0.1, 0.15) is 47.7 Å². The van der Waals surface area contributed by atoms with Crippen molar-refractivity contribution < 1.29 is 28.5 Å². The summed E-state index contributed by atoms with van der Waals surface area (Å²) in [4.78, 5) is 24.9. The van der Waals surface area contributed by atoms with Crippen molar-refractivity contribution in [2.75, 3.05) is 13.2 Å². The summed E-state index contributed by atoms with van der Waals surface area (Å²) < 4.78 is 22.7. The summed E-state index contributed by atoms with van der Waals surface area (Å²) in [5, 5.41) is 0. The van der Waals surface area contributed by atoms with Crippen molar-refractivity contribution in [3.8, 4) is 23.0 Å². The molecule has 6 nitrogen and oxygen atoms in total. The highest BCUT2D eigenvalue weighted by Gasteiger charge is 2.39. The minimum atomic E-state index is -0.320. The van der Waals surface area contributed by atoms with E-state index < -0.39 is 0 Å². The van der Waals surface area contributed by atoms with Gasteiger partial charge in [-0.3, -0.25) is 9.59 Å². The normalized spacial score (nSPS) is 19.5. The Kier molecular flexibility index (Phi) is 3.69. The van der Waals surface area contributed by atoms with Crippen LogP contribution in [0.3, 0.4) is 0 Å². The van der Waals surface area contributed by atoms with Crippen LogP contribution in [0.25, 0.3) is 0 Å². The van der Waals surface area contributed by atoms with E-state index in [9.17, 15) is 9.59 Å². The summed E-state index contributed by atoms with van der Waals surface area (Å²) in [6, 6.07) is 8.98. The van der Waals surface area contributed by atoms with Crippen molar-refractivity contribution in [2.45, 2.75) is 26.2 Å². The van der Waals surface area contributed by atoms with E-state index in [-0.39, 0.29) is 24.1 Å². The lowest BCUT2D eigenvalue weighted by Crippen LogP contribution is -2.22. The number of ether oxygens (including phenoxy) is 4. The van der Waals surface area contributed by atoms with Crippen molar-refractivity contribution in [3.05, 3.63) is 58.4 Å². The first-order chi connectivity index (χ1) is 13.5. The molecule has 0 aliphatic carbocycles. The predicted molar refractivity (Wildman–Crippen MR) is 99.3 cm³/mol. The van der Waals surface area contributed by atoms with E-state index in [2.05, 4.69) is 0 Å². The van der Waals surface area contributed by atoms with E-state index in [0.717, 1.165) is 16.7 Å². The van der Waals surface area contributed by atoms with E-state index in [0.29, 0.717) is 47.5 Å². The molecule has 0 spiro atoms. The Hall–Kier alpha value is -3.28. The third-order valence-electron chi connectivity index (χ3n) is 5.18. The molecule has 28 heavy (non-hydrogen) atoms. The fourth-order valence-electron chi connectivity index (χ4n) is 3.88. The zero-order chi connectivity index (χ0) is 19.4. The molecule has 3 heterocycles. The molecule has 142 valence electrons. The predicted octanol–water partition coefficient (Wildman–Crippen LogP) is 3.77. The molecule has 0 aromatic heterocycles. The fourth-order valence-corrected chi connectivity index (χ4v) is 3.88. The summed E-state index contributed by atoms with van der Waals surface area (Å²) in [6.45, 7) is 4.67. The van der Waals surface area contributed by atoms with Gasteiger partial charge in [0.05, 0.1) is 12.0 Å². The fraction of sp³-hybridized carbons (Fsp3) is 0.273. The number of allylic oxidation sites excluding steroid dienone is 2. The molecule has 0 unspecified atom stereocenters. The summed E-state index contributed by atoms with van der Waals surface area (Å²) in [5.41, 5.74) is 2.91.